The molecule has 1 heterocycles. The summed E-state index contributed by atoms with van der Waals surface area (Å²) in [6.07, 6.45) is 1.84. The van der Waals surface area contributed by atoms with Gasteiger partial charge in [0.25, 0.3) is 0 Å². The van der Waals surface area contributed by atoms with Gasteiger partial charge < -0.3 is 5.32 Å². The molecular formula is C16H19BrN2S. The highest BCUT2D eigenvalue weighted by Gasteiger charge is 1.99. The van der Waals surface area contributed by atoms with E-state index < -0.39 is 0 Å². The van der Waals surface area contributed by atoms with Crippen LogP contribution in [-0.2, 0) is 12.3 Å². The molecule has 2 rings (SSSR count). The third-order valence-corrected chi connectivity index (χ3v) is 4.33. The number of hydrogen-bond donors (Lipinski definition) is 1. The van der Waals surface area contributed by atoms with Gasteiger partial charge in [0, 0.05) is 33.9 Å². The van der Waals surface area contributed by atoms with Gasteiger partial charge in [-0.15, -0.1) is 11.8 Å². The zero-order valence-electron chi connectivity index (χ0n) is 11.8. The molecule has 106 valence electrons. The van der Waals surface area contributed by atoms with Crippen molar-refractivity contribution in [1.29, 1.82) is 0 Å². The Morgan fingerprint density at radius 3 is 2.50 bits per heavy atom. The first kappa shape index (κ1) is 15.5. The van der Waals surface area contributed by atoms with E-state index in [0.29, 0.717) is 6.04 Å². The van der Waals surface area contributed by atoms with Crippen LogP contribution in [0, 0.1) is 0 Å². The van der Waals surface area contributed by atoms with Crippen molar-refractivity contribution >= 4 is 27.7 Å². The maximum absolute atomic E-state index is 4.38. The smallest absolute Gasteiger partial charge is 0.0507 e. The molecule has 2 aromatic rings. The fourth-order valence-electron chi connectivity index (χ4n) is 1.67. The number of aromatic nitrogens is 1. The van der Waals surface area contributed by atoms with Gasteiger partial charge in [0.05, 0.1) is 5.69 Å². The van der Waals surface area contributed by atoms with E-state index in [-0.39, 0.29) is 0 Å². The zero-order chi connectivity index (χ0) is 14.4. The normalized spacial score (nSPS) is 11.0. The van der Waals surface area contributed by atoms with Crippen LogP contribution in [0.3, 0.4) is 0 Å². The molecule has 0 aliphatic heterocycles. The molecule has 0 fully saturated rings. The summed E-state index contributed by atoms with van der Waals surface area (Å²) in [4.78, 5) is 5.66. The summed E-state index contributed by atoms with van der Waals surface area (Å²) < 4.78 is 1.02. The zero-order valence-corrected chi connectivity index (χ0v) is 14.2. The molecule has 0 aliphatic carbocycles. The second-order valence-corrected chi connectivity index (χ2v) is 6.90. The van der Waals surface area contributed by atoms with E-state index in [2.05, 4.69) is 70.4 Å². The molecule has 2 nitrogen and oxygen atoms in total. The topological polar surface area (TPSA) is 24.9 Å². The van der Waals surface area contributed by atoms with Gasteiger partial charge in [0.15, 0.2) is 0 Å². The Balaban J connectivity index is 1.85. The lowest BCUT2D eigenvalue weighted by Crippen LogP contribution is -2.21. The first-order chi connectivity index (χ1) is 9.63. The van der Waals surface area contributed by atoms with Crippen molar-refractivity contribution in [3.8, 4) is 0 Å². The Morgan fingerprint density at radius 1 is 1.15 bits per heavy atom. The first-order valence-electron chi connectivity index (χ1n) is 6.69. The average molecular weight is 351 g/mol. The van der Waals surface area contributed by atoms with Crippen molar-refractivity contribution < 1.29 is 0 Å². The van der Waals surface area contributed by atoms with Crippen LogP contribution in [0.4, 0.5) is 0 Å². The lowest BCUT2D eigenvalue weighted by Gasteiger charge is -2.08. The molecule has 0 radical (unpaired) electrons. The van der Waals surface area contributed by atoms with Crippen LogP contribution < -0.4 is 5.32 Å². The second-order valence-electron chi connectivity index (χ2n) is 4.94. The predicted octanol–water partition coefficient (Wildman–Crippen LogP) is 4.63. The standard InChI is InChI=1S/C16H19BrN2S/c1-12(2)18-9-13-3-7-16(8-4-13)20-11-15-6-5-14(17)10-19-15/h3-8,10,12,18H,9,11H2,1-2H3. The number of rotatable bonds is 6. The third kappa shape index (κ3) is 5.27. The number of benzene rings is 1. The molecule has 0 saturated heterocycles. The summed E-state index contributed by atoms with van der Waals surface area (Å²) in [7, 11) is 0. The van der Waals surface area contributed by atoms with Crippen LogP contribution in [0.5, 0.6) is 0 Å². The highest BCUT2D eigenvalue weighted by Crippen LogP contribution is 2.22. The third-order valence-electron chi connectivity index (χ3n) is 2.81. The predicted molar refractivity (Wildman–Crippen MR) is 89.9 cm³/mol. The maximum Gasteiger partial charge on any atom is 0.0507 e. The number of thioether (sulfide) groups is 1. The van der Waals surface area contributed by atoms with Crippen LogP contribution in [0.1, 0.15) is 25.1 Å². The lowest BCUT2D eigenvalue weighted by molar-refractivity contribution is 0.588. The molecule has 0 atom stereocenters. The van der Waals surface area contributed by atoms with E-state index in [4.69, 9.17) is 0 Å². The summed E-state index contributed by atoms with van der Waals surface area (Å²) in [5.74, 6) is 0.900. The molecule has 1 aromatic carbocycles. The molecule has 0 spiro atoms. The Kier molecular flexibility index (Phi) is 6.07. The molecule has 0 saturated carbocycles. The van der Waals surface area contributed by atoms with E-state index in [1.165, 1.54) is 10.5 Å². The Morgan fingerprint density at radius 2 is 1.90 bits per heavy atom. The van der Waals surface area contributed by atoms with Crippen LogP contribution >= 0.6 is 27.7 Å². The van der Waals surface area contributed by atoms with Gasteiger partial charge in [-0.05, 0) is 45.8 Å². The minimum Gasteiger partial charge on any atom is -0.310 e. The molecule has 20 heavy (non-hydrogen) atoms. The molecule has 1 N–H and O–H groups in total. The molecule has 0 unspecified atom stereocenters. The minimum atomic E-state index is 0.521. The van der Waals surface area contributed by atoms with E-state index in [0.717, 1.165) is 22.5 Å². The largest absolute Gasteiger partial charge is 0.310 e. The van der Waals surface area contributed by atoms with Gasteiger partial charge in [0.2, 0.25) is 0 Å². The number of pyridine rings is 1. The quantitative estimate of drug-likeness (QED) is 0.768. The highest BCUT2D eigenvalue weighted by atomic mass is 79.9. The Hall–Kier alpha value is -0.840. The summed E-state index contributed by atoms with van der Waals surface area (Å²) >= 11 is 5.21. The van der Waals surface area contributed by atoms with Gasteiger partial charge >= 0.3 is 0 Å². The van der Waals surface area contributed by atoms with Crippen molar-refractivity contribution in [1.82, 2.24) is 10.3 Å². The fourth-order valence-corrected chi connectivity index (χ4v) is 2.72. The molecular weight excluding hydrogens is 332 g/mol. The summed E-state index contributed by atoms with van der Waals surface area (Å²) in [5.41, 5.74) is 2.42. The van der Waals surface area contributed by atoms with E-state index in [1.807, 2.05) is 24.0 Å². The van der Waals surface area contributed by atoms with E-state index in [9.17, 15) is 0 Å². The lowest BCUT2D eigenvalue weighted by atomic mass is 10.2. The minimum absolute atomic E-state index is 0.521. The van der Waals surface area contributed by atoms with Gasteiger partial charge in [-0.2, -0.15) is 0 Å². The Bertz CT molecular complexity index is 523. The molecule has 1 aromatic heterocycles. The number of nitrogens with zero attached hydrogens (tertiary/aromatic N) is 1. The number of halogens is 1. The summed E-state index contributed by atoms with van der Waals surface area (Å²) in [6, 6.07) is 13.3. The molecule has 4 heteroatoms. The molecule has 0 amide bonds. The van der Waals surface area contributed by atoms with Crippen molar-refractivity contribution in [2.24, 2.45) is 0 Å². The van der Waals surface area contributed by atoms with Crippen LogP contribution in [-0.4, -0.2) is 11.0 Å². The molecule has 0 bridgehead atoms. The SMILES string of the molecule is CC(C)NCc1ccc(SCc2ccc(Br)cn2)cc1. The van der Waals surface area contributed by atoms with Crippen LogP contribution in [0.25, 0.3) is 0 Å². The van der Waals surface area contributed by atoms with Gasteiger partial charge in [-0.3, -0.25) is 4.98 Å². The Labute approximate surface area is 133 Å². The van der Waals surface area contributed by atoms with Crippen molar-refractivity contribution in [3.63, 3.8) is 0 Å². The van der Waals surface area contributed by atoms with Gasteiger partial charge in [0.1, 0.15) is 0 Å². The average Bonchev–Trinajstić information content (AvgIpc) is 2.45. The number of hydrogen-bond acceptors (Lipinski definition) is 3. The summed E-state index contributed by atoms with van der Waals surface area (Å²) in [6.45, 7) is 5.25. The highest BCUT2D eigenvalue weighted by molar-refractivity contribution is 9.10. The van der Waals surface area contributed by atoms with Crippen molar-refractivity contribution in [3.05, 3.63) is 58.3 Å². The van der Waals surface area contributed by atoms with Crippen LogP contribution in [0.2, 0.25) is 0 Å². The maximum atomic E-state index is 4.38. The second kappa shape index (κ2) is 7.81. The van der Waals surface area contributed by atoms with E-state index >= 15 is 0 Å². The van der Waals surface area contributed by atoms with Gasteiger partial charge in [-0.1, -0.05) is 26.0 Å². The molecule has 0 aliphatic rings. The first-order valence-corrected chi connectivity index (χ1v) is 8.47. The summed E-state index contributed by atoms with van der Waals surface area (Å²) in [5, 5.41) is 3.42. The van der Waals surface area contributed by atoms with E-state index in [1.54, 1.807) is 0 Å². The van der Waals surface area contributed by atoms with Crippen molar-refractivity contribution in [2.45, 2.75) is 37.1 Å². The van der Waals surface area contributed by atoms with Crippen molar-refractivity contribution in [2.75, 3.05) is 0 Å². The van der Waals surface area contributed by atoms with Crippen LogP contribution in [0.15, 0.2) is 52.0 Å². The number of nitrogens with one attached hydrogen (secondary N) is 1. The fraction of sp³-hybridized carbons (Fsp3) is 0.312. The monoisotopic (exact) mass is 350 g/mol. The van der Waals surface area contributed by atoms with Gasteiger partial charge in [-0.25, -0.2) is 0 Å².